The molecule has 6 heteroatoms. The number of para-hydroxylation sites is 2. The van der Waals surface area contributed by atoms with Crippen molar-refractivity contribution in [2.24, 2.45) is 0 Å². The van der Waals surface area contributed by atoms with E-state index < -0.39 is 5.82 Å². The molecule has 2 heterocycles. The first kappa shape index (κ1) is 15.4. The summed E-state index contributed by atoms with van der Waals surface area (Å²) in [7, 11) is 2.00. The van der Waals surface area contributed by atoms with Crippen LogP contribution < -0.4 is 9.80 Å². The van der Waals surface area contributed by atoms with E-state index in [2.05, 4.69) is 10.00 Å². The molecular formula is C19H17FN4O. The Morgan fingerprint density at radius 2 is 1.84 bits per heavy atom. The van der Waals surface area contributed by atoms with Crippen LogP contribution in [0.3, 0.4) is 0 Å². The molecule has 0 atom stereocenters. The maximum Gasteiger partial charge on any atom is 0.258 e. The Morgan fingerprint density at radius 1 is 1.04 bits per heavy atom. The molecule has 0 N–H and O–H groups in total. The molecule has 1 aliphatic rings. The third-order valence-electron chi connectivity index (χ3n) is 4.43. The van der Waals surface area contributed by atoms with Gasteiger partial charge in [-0.1, -0.05) is 12.1 Å². The number of nitrogens with zero attached hydrogens (tertiary/aromatic N) is 4. The summed E-state index contributed by atoms with van der Waals surface area (Å²) < 4.78 is 15.9. The van der Waals surface area contributed by atoms with E-state index in [1.165, 1.54) is 10.7 Å². The normalized spacial score (nSPS) is 13.7. The molecule has 3 aromatic rings. The minimum Gasteiger partial charge on any atom is -0.371 e. The number of carbonyl (C=O) groups is 1. The molecule has 1 aromatic heterocycles. The van der Waals surface area contributed by atoms with E-state index in [4.69, 9.17) is 0 Å². The van der Waals surface area contributed by atoms with Crippen LogP contribution in [0.4, 0.5) is 15.8 Å². The summed E-state index contributed by atoms with van der Waals surface area (Å²) in [6.45, 7) is 1.30. The average molecular weight is 336 g/mol. The molecule has 0 fully saturated rings. The Kier molecular flexibility index (Phi) is 3.72. The van der Waals surface area contributed by atoms with Crippen LogP contribution in [0.5, 0.6) is 0 Å². The van der Waals surface area contributed by atoms with E-state index in [0.717, 1.165) is 17.9 Å². The number of aromatic nitrogens is 2. The van der Waals surface area contributed by atoms with Gasteiger partial charge < -0.3 is 9.80 Å². The van der Waals surface area contributed by atoms with Crippen LogP contribution in [-0.4, -0.2) is 35.8 Å². The molecule has 1 amide bonds. The summed E-state index contributed by atoms with van der Waals surface area (Å²) in [5.41, 5.74) is 2.49. The molecule has 0 bridgehead atoms. The van der Waals surface area contributed by atoms with Crippen LogP contribution in [0, 0.1) is 5.82 Å². The number of likely N-dealkylation sites (N-methyl/N-ethyl adjacent to an activating group) is 1. The van der Waals surface area contributed by atoms with Gasteiger partial charge in [-0.15, -0.1) is 0 Å². The maximum absolute atomic E-state index is 14.5. The van der Waals surface area contributed by atoms with Gasteiger partial charge in [0.15, 0.2) is 0 Å². The number of anilines is 2. The lowest BCUT2D eigenvalue weighted by Gasteiger charge is -2.35. The Labute approximate surface area is 144 Å². The first-order valence-corrected chi connectivity index (χ1v) is 8.07. The van der Waals surface area contributed by atoms with Crippen molar-refractivity contribution in [2.75, 3.05) is 29.9 Å². The van der Waals surface area contributed by atoms with Gasteiger partial charge in [0.2, 0.25) is 0 Å². The van der Waals surface area contributed by atoms with E-state index in [1.807, 2.05) is 31.3 Å². The topological polar surface area (TPSA) is 41.4 Å². The second-order valence-corrected chi connectivity index (χ2v) is 5.98. The van der Waals surface area contributed by atoms with Gasteiger partial charge in [-0.25, -0.2) is 9.07 Å². The van der Waals surface area contributed by atoms with Crippen molar-refractivity contribution in [1.29, 1.82) is 0 Å². The molecule has 0 radical (unpaired) electrons. The summed E-state index contributed by atoms with van der Waals surface area (Å²) >= 11 is 0. The number of fused-ring (bicyclic) bond motifs is 1. The summed E-state index contributed by atoms with van der Waals surface area (Å²) in [4.78, 5) is 16.8. The molecule has 1 aliphatic heterocycles. The van der Waals surface area contributed by atoms with Crippen molar-refractivity contribution in [3.8, 4) is 5.69 Å². The molecule has 2 aromatic carbocycles. The highest BCUT2D eigenvalue weighted by Crippen LogP contribution is 2.32. The van der Waals surface area contributed by atoms with Gasteiger partial charge in [-0.05, 0) is 36.4 Å². The predicted molar refractivity (Wildman–Crippen MR) is 94.9 cm³/mol. The highest BCUT2D eigenvalue weighted by Gasteiger charge is 2.26. The molecule has 0 saturated heterocycles. The van der Waals surface area contributed by atoms with Gasteiger partial charge in [0.1, 0.15) is 11.5 Å². The molecule has 5 nitrogen and oxygen atoms in total. The minimum atomic E-state index is -0.475. The molecule has 0 saturated carbocycles. The van der Waals surface area contributed by atoms with E-state index in [9.17, 15) is 9.18 Å². The lowest BCUT2D eigenvalue weighted by molar-refractivity contribution is 0.0986. The van der Waals surface area contributed by atoms with Gasteiger partial charge >= 0.3 is 0 Å². The largest absolute Gasteiger partial charge is 0.371 e. The van der Waals surface area contributed by atoms with Crippen molar-refractivity contribution in [2.45, 2.75) is 0 Å². The highest BCUT2D eigenvalue weighted by atomic mass is 19.1. The molecule has 0 aliphatic carbocycles. The smallest absolute Gasteiger partial charge is 0.258 e. The van der Waals surface area contributed by atoms with E-state index in [-0.39, 0.29) is 5.91 Å². The summed E-state index contributed by atoms with van der Waals surface area (Å²) in [6.07, 6.45) is 3.25. The maximum atomic E-state index is 14.5. The van der Waals surface area contributed by atoms with Crippen molar-refractivity contribution in [1.82, 2.24) is 9.78 Å². The summed E-state index contributed by atoms with van der Waals surface area (Å²) in [5, 5.41) is 4.03. The van der Waals surface area contributed by atoms with Gasteiger partial charge in [0.25, 0.3) is 5.91 Å². The second kappa shape index (κ2) is 6.05. The second-order valence-electron chi connectivity index (χ2n) is 5.98. The Morgan fingerprint density at radius 3 is 2.56 bits per heavy atom. The fourth-order valence-corrected chi connectivity index (χ4v) is 3.11. The number of amides is 1. The summed E-state index contributed by atoms with van der Waals surface area (Å²) in [6, 6.07) is 14.0. The third kappa shape index (κ3) is 2.65. The number of hydrogen-bond donors (Lipinski definition) is 0. The van der Waals surface area contributed by atoms with E-state index in [0.29, 0.717) is 17.8 Å². The van der Waals surface area contributed by atoms with Crippen molar-refractivity contribution in [3.05, 3.63) is 72.3 Å². The number of benzene rings is 2. The van der Waals surface area contributed by atoms with Crippen LogP contribution in [0.25, 0.3) is 5.69 Å². The third-order valence-corrected chi connectivity index (χ3v) is 4.43. The number of rotatable bonds is 2. The van der Waals surface area contributed by atoms with Crippen LogP contribution in [-0.2, 0) is 0 Å². The van der Waals surface area contributed by atoms with Crippen molar-refractivity contribution >= 4 is 17.3 Å². The number of carbonyl (C=O) groups excluding carboxylic acids is 1. The van der Waals surface area contributed by atoms with Gasteiger partial charge in [0.05, 0.1) is 11.4 Å². The van der Waals surface area contributed by atoms with E-state index >= 15 is 0 Å². The minimum absolute atomic E-state index is 0.202. The zero-order valence-electron chi connectivity index (χ0n) is 13.8. The SMILES string of the molecule is CN1CCN(C(=O)c2ccc(-n3cccn3)c(F)c2)c2ccccc21. The monoisotopic (exact) mass is 336 g/mol. The molecule has 126 valence electrons. The van der Waals surface area contributed by atoms with Crippen molar-refractivity contribution < 1.29 is 9.18 Å². The zero-order chi connectivity index (χ0) is 17.4. The lowest BCUT2D eigenvalue weighted by Crippen LogP contribution is -2.42. The average Bonchev–Trinajstić information content (AvgIpc) is 3.16. The predicted octanol–water partition coefficient (Wildman–Crippen LogP) is 3.11. The standard InChI is InChI=1S/C19H17FN4O/c1-22-11-12-23(18-6-3-2-5-17(18)22)19(25)14-7-8-16(15(20)13-14)24-10-4-9-21-24/h2-10,13H,11-12H2,1H3. The van der Waals surface area contributed by atoms with Crippen molar-refractivity contribution in [3.63, 3.8) is 0 Å². The fraction of sp³-hybridized carbons (Fsp3) is 0.158. The molecule has 4 rings (SSSR count). The van der Waals surface area contributed by atoms with Crippen LogP contribution in [0.15, 0.2) is 60.9 Å². The number of halogens is 1. The fourth-order valence-electron chi connectivity index (χ4n) is 3.11. The molecule has 25 heavy (non-hydrogen) atoms. The summed E-state index contributed by atoms with van der Waals surface area (Å²) in [5.74, 6) is -0.677. The van der Waals surface area contributed by atoms with E-state index in [1.54, 1.807) is 35.5 Å². The van der Waals surface area contributed by atoms with Crippen LogP contribution in [0.1, 0.15) is 10.4 Å². The lowest BCUT2D eigenvalue weighted by atomic mass is 10.1. The first-order chi connectivity index (χ1) is 12.1. The Bertz CT molecular complexity index is 923. The van der Waals surface area contributed by atoms with Crippen LogP contribution >= 0.6 is 0 Å². The Balaban J connectivity index is 1.68. The number of hydrogen-bond acceptors (Lipinski definition) is 3. The highest BCUT2D eigenvalue weighted by molar-refractivity contribution is 6.08. The Hall–Kier alpha value is -3.15. The molecule has 0 spiro atoms. The molecule has 0 unspecified atom stereocenters. The zero-order valence-corrected chi connectivity index (χ0v) is 13.8. The molecular weight excluding hydrogens is 319 g/mol. The van der Waals surface area contributed by atoms with Crippen LogP contribution in [0.2, 0.25) is 0 Å². The van der Waals surface area contributed by atoms with Gasteiger partial charge in [0, 0.05) is 38.1 Å². The van der Waals surface area contributed by atoms with Gasteiger partial charge in [-0.2, -0.15) is 5.10 Å². The quantitative estimate of drug-likeness (QED) is 0.722. The first-order valence-electron chi connectivity index (χ1n) is 8.07. The van der Waals surface area contributed by atoms with Gasteiger partial charge in [-0.3, -0.25) is 4.79 Å².